The van der Waals surface area contributed by atoms with Crippen LogP contribution in [0.3, 0.4) is 0 Å². The molecule has 9 heteroatoms. The Morgan fingerprint density at radius 2 is 2.00 bits per heavy atom. The highest BCUT2D eigenvalue weighted by Crippen LogP contribution is 2.36. The highest BCUT2D eigenvalue weighted by Gasteiger charge is 2.43. The van der Waals surface area contributed by atoms with Crippen molar-refractivity contribution in [3.8, 4) is 11.4 Å². The van der Waals surface area contributed by atoms with Gasteiger partial charge in [0.25, 0.3) is 0 Å². The number of ether oxygens (including phenoxy) is 1. The first-order valence-corrected chi connectivity index (χ1v) is 8.52. The van der Waals surface area contributed by atoms with Crippen LogP contribution in [0.2, 0.25) is 0 Å². The minimum absolute atomic E-state index is 0.0352. The van der Waals surface area contributed by atoms with Gasteiger partial charge in [0, 0.05) is 37.1 Å². The zero-order valence-electron chi connectivity index (χ0n) is 15.0. The second-order valence-corrected chi connectivity index (χ2v) is 6.62. The lowest BCUT2D eigenvalue weighted by Crippen LogP contribution is -2.34. The second kappa shape index (κ2) is 7.13. The van der Waals surface area contributed by atoms with Crippen molar-refractivity contribution in [2.45, 2.75) is 26.4 Å². The Bertz CT molecular complexity index is 829. The summed E-state index contributed by atoms with van der Waals surface area (Å²) in [5.41, 5.74) is -1.37. The molecule has 0 saturated carbocycles. The third-order valence-corrected chi connectivity index (χ3v) is 4.51. The standard InChI is InChI=1S/C18H19F3N4O2/c1-3-27-16(26)17(2)6-9-25(11-17)14-10-13(18(19,20)21)23-15(24-14)12-4-7-22-8-5-12/h4-5,7-8,10H,3,6,9,11H2,1-2H3. The highest BCUT2D eigenvalue weighted by atomic mass is 19.4. The average molecular weight is 380 g/mol. The van der Waals surface area contributed by atoms with Gasteiger partial charge in [0.05, 0.1) is 12.0 Å². The number of rotatable bonds is 4. The second-order valence-electron chi connectivity index (χ2n) is 6.62. The number of aromatic nitrogens is 3. The molecule has 0 amide bonds. The number of alkyl halides is 3. The molecule has 2 aromatic heterocycles. The summed E-state index contributed by atoms with van der Waals surface area (Å²) in [5.74, 6) is -0.254. The smallest absolute Gasteiger partial charge is 0.433 e. The van der Waals surface area contributed by atoms with E-state index in [2.05, 4.69) is 15.0 Å². The quantitative estimate of drug-likeness (QED) is 0.758. The highest BCUT2D eigenvalue weighted by molar-refractivity contribution is 5.78. The maximum atomic E-state index is 13.3. The number of hydrogen-bond acceptors (Lipinski definition) is 6. The summed E-state index contributed by atoms with van der Waals surface area (Å²) in [6, 6.07) is 4.01. The van der Waals surface area contributed by atoms with E-state index in [9.17, 15) is 18.0 Å². The van der Waals surface area contributed by atoms with Crippen LogP contribution in [0.5, 0.6) is 0 Å². The van der Waals surface area contributed by atoms with Crippen LogP contribution < -0.4 is 4.90 Å². The van der Waals surface area contributed by atoms with E-state index in [0.29, 0.717) is 18.5 Å². The van der Waals surface area contributed by atoms with E-state index in [0.717, 1.165) is 6.07 Å². The van der Waals surface area contributed by atoms with Gasteiger partial charge in [0.15, 0.2) is 11.5 Å². The van der Waals surface area contributed by atoms with Crippen molar-refractivity contribution in [3.63, 3.8) is 0 Å². The molecular formula is C18H19F3N4O2. The zero-order chi connectivity index (χ0) is 19.7. The van der Waals surface area contributed by atoms with Crippen molar-refractivity contribution < 1.29 is 22.7 Å². The summed E-state index contributed by atoms with van der Waals surface area (Å²) in [6.45, 7) is 4.36. The molecule has 0 aliphatic carbocycles. The van der Waals surface area contributed by atoms with Gasteiger partial charge < -0.3 is 9.64 Å². The number of pyridine rings is 1. The van der Waals surface area contributed by atoms with Crippen LogP contribution in [0.4, 0.5) is 19.0 Å². The molecule has 27 heavy (non-hydrogen) atoms. The van der Waals surface area contributed by atoms with Gasteiger partial charge in [-0.05, 0) is 32.4 Å². The molecule has 1 aliphatic heterocycles. The van der Waals surface area contributed by atoms with Crippen LogP contribution in [0.25, 0.3) is 11.4 Å². The number of nitrogens with zero attached hydrogens (tertiary/aromatic N) is 4. The van der Waals surface area contributed by atoms with Crippen molar-refractivity contribution in [1.29, 1.82) is 0 Å². The molecule has 3 heterocycles. The van der Waals surface area contributed by atoms with E-state index in [-0.39, 0.29) is 30.8 Å². The van der Waals surface area contributed by atoms with E-state index < -0.39 is 17.3 Å². The van der Waals surface area contributed by atoms with Crippen LogP contribution in [0, 0.1) is 5.41 Å². The maximum Gasteiger partial charge on any atom is 0.433 e. The van der Waals surface area contributed by atoms with Crippen molar-refractivity contribution in [2.75, 3.05) is 24.6 Å². The molecule has 1 fully saturated rings. The van der Waals surface area contributed by atoms with Gasteiger partial charge in [0.2, 0.25) is 0 Å². The molecule has 1 aliphatic rings. The van der Waals surface area contributed by atoms with Gasteiger partial charge in [-0.15, -0.1) is 0 Å². The first kappa shape index (κ1) is 19.1. The SMILES string of the molecule is CCOC(=O)C1(C)CCN(c2cc(C(F)(F)F)nc(-c3ccncc3)n2)C1. The van der Waals surface area contributed by atoms with E-state index in [4.69, 9.17) is 4.74 Å². The van der Waals surface area contributed by atoms with Crippen LogP contribution in [0.1, 0.15) is 26.0 Å². The topological polar surface area (TPSA) is 68.2 Å². The lowest BCUT2D eigenvalue weighted by Gasteiger charge is -2.23. The molecule has 3 rings (SSSR count). The third kappa shape index (κ3) is 4.01. The van der Waals surface area contributed by atoms with Crippen molar-refractivity contribution >= 4 is 11.8 Å². The Morgan fingerprint density at radius 1 is 1.30 bits per heavy atom. The van der Waals surface area contributed by atoms with Crippen LogP contribution in [-0.4, -0.2) is 40.6 Å². The number of carbonyl (C=O) groups excluding carboxylic acids is 1. The molecule has 6 nitrogen and oxygen atoms in total. The summed E-state index contributed by atoms with van der Waals surface area (Å²) in [6.07, 6.45) is -1.20. The Hall–Kier alpha value is -2.71. The first-order chi connectivity index (χ1) is 12.7. The van der Waals surface area contributed by atoms with Gasteiger partial charge in [-0.25, -0.2) is 9.97 Å². The van der Waals surface area contributed by atoms with E-state index >= 15 is 0 Å². The molecule has 0 N–H and O–H groups in total. The maximum absolute atomic E-state index is 13.3. The lowest BCUT2D eigenvalue weighted by atomic mass is 9.90. The predicted octanol–water partition coefficient (Wildman–Crippen LogP) is 3.34. The fourth-order valence-electron chi connectivity index (χ4n) is 3.00. The van der Waals surface area contributed by atoms with E-state index in [1.165, 1.54) is 12.4 Å². The van der Waals surface area contributed by atoms with Crippen LogP contribution in [0.15, 0.2) is 30.6 Å². The molecule has 1 saturated heterocycles. The number of esters is 1. The van der Waals surface area contributed by atoms with Gasteiger partial charge >= 0.3 is 12.1 Å². The van der Waals surface area contributed by atoms with Gasteiger partial charge in [-0.2, -0.15) is 13.2 Å². The summed E-state index contributed by atoms with van der Waals surface area (Å²) in [7, 11) is 0. The minimum Gasteiger partial charge on any atom is -0.466 e. The van der Waals surface area contributed by atoms with Crippen LogP contribution >= 0.6 is 0 Å². The number of anilines is 1. The molecule has 0 aromatic carbocycles. The molecule has 0 radical (unpaired) electrons. The normalized spacial score (nSPS) is 20.0. The fourth-order valence-corrected chi connectivity index (χ4v) is 3.00. The molecule has 0 bridgehead atoms. The predicted molar refractivity (Wildman–Crippen MR) is 91.8 cm³/mol. The average Bonchev–Trinajstić information content (AvgIpc) is 3.05. The molecule has 2 aromatic rings. The molecule has 1 atom stereocenters. The summed E-state index contributed by atoms with van der Waals surface area (Å²) >= 11 is 0. The van der Waals surface area contributed by atoms with Crippen molar-refractivity contribution in [3.05, 3.63) is 36.3 Å². The summed E-state index contributed by atoms with van der Waals surface area (Å²) < 4.78 is 45.1. The number of halogens is 3. The van der Waals surface area contributed by atoms with Gasteiger partial charge in [-0.3, -0.25) is 9.78 Å². The summed E-state index contributed by atoms with van der Waals surface area (Å²) in [5, 5.41) is 0. The Morgan fingerprint density at radius 3 is 2.63 bits per heavy atom. The Kier molecular flexibility index (Phi) is 5.03. The van der Waals surface area contributed by atoms with Crippen LogP contribution in [-0.2, 0) is 15.7 Å². The number of carbonyl (C=O) groups is 1. The monoisotopic (exact) mass is 380 g/mol. The van der Waals surface area contributed by atoms with Gasteiger partial charge in [0.1, 0.15) is 5.82 Å². The first-order valence-electron chi connectivity index (χ1n) is 8.52. The summed E-state index contributed by atoms with van der Waals surface area (Å²) in [4.78, 5) is 25.7. The fraction of sp³-hybridized carbons (Fsp3) is 0.444. The lowest BCUT2D eigenvalue weighted by molar-refractivity contribution is -0.153. The molecule has 144 valence electrons. The third-order valence-electron chi connectivity index (χ3n) is 4.51. The Balaban J connectivity index is 1.97. The number of hydrogen-bond donors (Lipinski definition) is 0. The largest absolute Gasteiger partial charge is 0.466 e. The van der Waals surface area contributed by atoms with Crippen molar-refractivity contribution in [1.82, 2.24) is 15.0 Å². The Labute approximate surface area is 154 Å². The molecular weight excluding hydrogens is 361 g/mol. The zero-order valence-corrected chi connectivity index (χ0v) is 15.0. The van der Waals surface area contributed by atoms with Gasteiger partial charge in [-0.1, -0.05) is 0 Å². The molecule has 0 spiro atoms. The molecule has 1 unspecified atom stereocenters. The van der Waals surface area contributed by atoms with E-state index in [1.807, 2.05) is 0 Å². The van der Waals surface area contributed by atoms with E-state index in [1.54, 1.807) is 30.9 Å². The minimum atomic E-state index is -4.61. The van der Waals surface area contributed by atoms with Crippen molar-refractivity contribution in [2.24, 2.45) is 5.41 Å².